The van der Waals surface area contributed by atoms with Crippen molar-refractivity contribution in [3.8, 4) is 5.75 Å². The third-order valence-electron chi connectivity index (χ3n) is 7.37. The van der Waals surface area contributed by atoms with E-state index in [0.717, 1.165) is 66.2 Å². The van der Waals surface area contributed by atoms with Gasteiger partial charge < -0.3 is 15.0 Å². The van der Waals surface area contributed by atoms with E-state index in [0.29, 0.717) is 6.54 Å². The smallest absolute Gasteiger partial charge is 0.247 e. The summed E-state index contributed by atoms with van der Waals surface area (Å²) in [4.78, 5) is 19.1. The fourth-order valence-electron chi connectivity index (χ4n) is 5.08. The maximum atomic E-state index is 13.1. The molecule has 3 aliphatic rings. The summed E-state index contributed by atoms with van der Waals surface area (Å²) in [6.45, 7) is 7.09. The van der Waals surface area contributed by atoms with Crippen LogP contribution in [0.5, 0.6) is 5.75 Å². The van der Waals surface area contributed by atoms with Gasteiger partial charge in [-0.1, -0.05) is 38.1 Å². The zero-order chi connectivity index (χ0) is 24.8. The lowest BCUT2D eigenvalue weighted by molar-refractivity contribution is -0.118. The number of ether oxygens (including phenoxy) is 1. The molecule has 186 valence electrons. The number of halogens is 2. The van der Waals surface area contributed by atoms with E-state index in [1.54, 1.807) is 0 Å². The third-order valence-corrected chi connectivity index (χ3v) is 7.37. The average Bonchev–Trinajstić information content (AvgIpc) is 3.73. The highest BCUT2D eigenvalue weighted by Crippen LogP contribution is 2.46. The van der Waals surface area contributed by atoms with Crippen LogP contribution in [0.1, 0.15) is 62.8 Å². The number of anilines is 1. The number of nitrogens with zero attached hydrogens (tertiary/aromatic N) is 2. The summed E-state index contributed by atoms with van der Waals surface area (Å²) in [5.41, 5.74) is 2.75. The van der Waals surface area contributed by atoms with Crippen LogP contribution in [0, 0.1) is 6.92 Å². The van der Waals surface area contributed by atoms with E-state index < -0.39 is 11.8 Å². The van der Waals surface area contributed by atoms with Crippen LogP contribution >= 0.6 is 0 Å². The number of hydrogen-bond donors (Lipinski definition) is 1. The lowest BCUT2D eigenvalue weighted by atomic mass is 9.83. The van der Waals surface area contributed by atoms with Crippen molar-refractivity contribution in [3.63, 3.8) is 0 Å². The SMILES string of the molecule is Cc1ccc(N2CC[C@@H](Oc3ccc(C4(NC(=O)C5=CC5)CC4)cc3)C2)nc1C(C)(C)CC(F)F. The Balaban J connectivity index is 1.21. The maximum absolute atomic E-state index is 13.1. The Morgan fingerprint density at radius 2 is 1.94 bits per heavy atom. The molecular formula is C28H33F2N3O2. The van der Waals surface area contributed by atoms with Crippen LogP contribution < -0.4 is 15.0 Å². The Bertz CT molecular complexity index is 1140. The van der Waals surface area contributed by atoms with Gasteiger partial charge in [0.1, 0.15) is 17.7 Å². The molecule has 2 heterocycles. The van der Waals surface area contributed by atoms with Crippen molar-refractivity contribution < 1.29 is 18.3 Å². The van der Waals surface area contributed by atoms with E-state index in [4.69, 9.17) is 9.72 Å². The number of carbonyl (C=O) groups excluding carboxylic acids is 1. The summed E-state index contributed by atoms with van der Waals surface area (Å²) in [5, 5.41) is 3.19. The van der Waals surface area contributed by atoms with E-state index in [-0.39, 0.29) is 24.0 Å². The van der Waals surface area contributed by atoms with Crippen LogP contribution in [0.3, 0.4) is 0 Å². The number of hydrogen-bond acceptors (Lipinski definition) is 4. The van der Waals surface area contributed by atoms with E-state index in [2.05, 4.69) is 22.3 Å². The maximum Gasteiger partial charge on any atom is 0.247 e. The van der Waals surface area contributed by atoms with Gasteiger partial charge in [-0.2, -0.15) is 0 Å². The highest BCUT2D eigenvalue weighted by atomic mass is 19.3. The number of benzene rings is 1. The second kappa shape index (κ2) is 8.92. The van der Waals surface area contributed by atoms with Gasteiger partial charge in [-0.05, 0) is 55.5 Å². The topological polar surface area (TPSA) is 54.5 Å². The van der Waals surface area contributed by atoms with Crippen molar-refractivity contribution in [2.45, 2.75) is 76.4 Å². The number of aromatic nitrogens is 1. The molecule has 5 nitrogen and oxygen atoms in total. The molecular weight excluding hydrogens is 448 g/mol. The van der Waals surface area contributed by atoms with E-state index in [9.17, 15) is 13.6 Å². The minimum Gasteiger partial charge on any atom is -0.489 e. The molecule has 2 aromatic rings. The first kappa shape index (κ1) is 23.8. The molecule has 1 aromatic heterocycles. The first-order chi connectivity index (χ1) is 16.6. The van der Waals surface area contributed by atoms with Crippen molar-refractivity contribution in [2.24, 2.45) is 0 Å². The van der Waals surface area contributed by atoms with Gasteiger partial charge in [0.2, 0.25) is 12.3 Å². The van der Waals surface area contributed by atoms with Gasteiger partial charge in [0.15, 0.2) is 0 Å². The quantitative estimate of drug-likeness (QED) is 0.520. The highest BCUT2D eigenvalue weighted by Gasteiger charge is 2.46. The van der Waals surface area contributed by atoms with Crippen molar-refractivity contribution in [2.75, 3.05) is 18.0 Å². The van der Waals surface area contributed by atoms with Crippen LogP contribution in [-0.2, 0) is 15.7 Å². The average molecular weight is 482 g/mol. The highest BCUT2D eigenvalue weighted by molar-refractivity contribution is 5.98. The molecule has 5 rings (SSSR count). The summed E-state index contributed by atoms with van der Waals surface area (Å²) in [5.74, 6) is 1.68. The number of alkyl halides is 2. The molecule has 0 radical (unpaired) electrons. The second-order valence-corrected chi connectivity index (χ2v) is 10.8. The number of aryl methyl sites for hydroxylation is 1. The Kier molecular flexibility index (Phi) is 6.06. The van der Waals surface area contributed by atoms with Crippen LogP contribution in [0.2, 0.25) is 0 Å². The summed E-state index contributed by atoms with van der Waals surface area (Å²) >= 11 is 0. The molecule has 1 N–H and O–H groups in total. The molecule has 35 heavy (non-hydrogen) atoms. The molecule has 1 aromatic carbocycles. The first-order valence-electron chi connectivity index (χ1n) is 12.5. The Hall–Kier alpha value is -2.96. The molecule has 1 saturated heterocycles. The van der Waals surface area contributed by atoms with Gasteiger partial charge >= 0.3 is 0 Å². The van der Waals surface area contributed by atoms with Gasteiger partial charge in [-0.25, -0.2) is 13.8 Å². The fourth-order valence-corrected chi connectivity index (χ4v) is 5.08. The molecule has 1 aliphatic heterocycles. The number of rotatable bonds is 9. The third kappa shape index (κ3) is 5.19. The molecule has 1 saturated carbocycles. The molecule has 1 atom stereocenters. The van der Waals surface area contributed by atoms with Crippen molar-refractivity contribution >= 4 is 11.7 Å². The van der Waals surface area contributed by atoms with Gasteiger partial charge in [0.05, 0.1) is 17.8 Å². The minimum atomic E-state index is -2.37. The van der Waals surface area contributed by atoms with Crippen molar-refractivity contribution in [1.29, 1.82) is 0 Å². The number of nitrogens with one attached hydrogen (secondary N) is 1. The van der Waals surface area contributed by atoms with Gasteiger partial charge in [-0.3, -0.25) is 4.79 Å². The summed E-state index contributed by atoms with van der Waals surface area (Å²) < 4.78 is 32.5. The second-order valence-electron chi connectivity index (χ2n) is 10.8. The summed E-state index contributed by atoms with van der Waals surface area (Å²) in [6, 6.07) is 12.0. The van der Waals surface area contributed by atoms with Crippen molar-refractivity contribution in [3.05, 3.63) is 64.9 Å². The summed E-state index contributed by atoms with van der Waals surface area (Å²) in [6.07, 6.45) is 2.99. The van der Waals surface area contributed by atoms with Gasteiger partial charge in [-0.15, -0.1) is 0 Å². The monoisotopic (exact) mass is 481 g/mol. The fraction of sp³-hybridized carbons (Fsp3) is 0.500. The van der Waals surface area contributed by atoms with E-state index in [1.165, 1.54) is 0 Å². The Morgan fingerprint density at radius 3 is 2.57 bits per heavy atom. The van der Waals surface area contributed by atoms with Gasteiger partial charge in [0, 0.05) is 30.4 Å². The van der Waals surface area contributed by atoms with Crippen LogP contribution in [0.4, 0.5) is 14.6 Å². The number of allylic oxidation sites excluding steroid dienone is 1. The standard InChI is InChI=1S/C28H33F2N3O2/c1-18-4-11-24(31-25(18)27(2,3)16-23(29)30)33-15-12-22(17-33)35-21-9-7-20(8-10-21)28(13-14-28)32-26(34)19-5-6-19/h4-5,7-11,22-23H,6,12-17H2,1-3H3,(H,32,34)/t22-/m1/s1. The normalized spacial score (nSPS) is 20.6. The molecule has 7 heteroatoms. The first-order valence-corrected chi connectivity index (χ1v) is 12.5. The molecule has 1 amide bonds. The Labute approximate surface area is 205 Å². The van der Waals surface area contributed by atoms with Crippen molar-refractivity contribution in [1.82, 2.24) is 10.3 Å². The zero-order valence-corrected chi connectivity index (χ0v) is 20.6. The predicted octanol–water partition coefficient (Wildman–Crippen LogP) is 5.42. The Morgan fingerprint density at radius 1 is 1.23 bits per heavy atom. The van der Waals surface area contributed by atoms with E-state index in [1.807, 2.05) is 51.1 Å². The van der Waals surface area contributed by atoms with Gasteiger partial charge in [0.25, 0.3) is 0 Å². The largest absolute Gasteiger partial charge is 0.489 e. The zero-order valence-electron chi connectivity index (χ0n) is 20.6. The predicted molar refractivity (Wildman–Crippen MR) is 132 cm³/mol. The lowest BCUT2D eigenvalue weighted by Gasteiger charge is -2.27. The van der Waals surface area contributed by atoms with E-state index >= 15 is 0 Å². The molecule has 0 bridgehead atoms. The van der Waals surface area contributed by atoms with Crippen LogP contribution in [-0.4, -0.2) is 36.5 Å². The minimum absolute atomic E-state index is 0.0258. The molecule has 0 unspecified atom stereocenters. The lowest BCUT2D eigenvalue weighted by Crippen LogP contribution is -2.34. The molecule has 0 spiro atoms. The number of pyridine rings is 1. The van der Waals surface area contributed by atoms with Crippen LogP contribution in [0.15, 0.2) is 48.0 Å². The number of carbonyl (C=O) groups is 1. The molecule has 2 fully saturated rings. The van der Waals surface area contributed by atoms with Crippen LogP contribution in [0.25, 0.3) is 0 Å². The number of amides is 1. The summed E-state index contributed by atoms with van der Waals surface area (Å²) in [7, 11) is 0. The molecule has 2 aliphatic carbocycles.